The zero-order valence-electron chi connectivity index (χ0n) is 8.17. The highest BCUT2D eigenvalue weighted by Gasteiger charge is 2.49. The van der Waals surface area contributed by atoms with E-state index in [1.807, 2.05) is 0 Å². The smallest absolute Gasteiger partial charge is 0.313 e. The minimum atomic E-state index is -1.86. The number of carboxylic acid groups (broad SMARTS) is 2. The van der Waals surface area contributed by atoms with E-state index in [2.05, 4.69) is 6.58 Å². The molecule has 0 radical (unpaired) electrons. The van der Waals surface area contributed by atoms with Crippen LogP contribution in [0, 0.1) is 11.8 Å². The summed E-state index contributed by atoms with van der Waals surface area (Å²) in [4.78, 5) is 21.7. The van der Waals surface area contributed by atoms with E-state index in [9.17, 15) is 14.7 Å². The maximum Gasteiger partial charge on any atom is 0.313 e. The minimum Gasteiger partial charge on any atom is -0.481 e. The molecule has 0 spiro atoms. The van der Waals surface area contributed by atoms with Crippen LogP contribution >= 0.6 is 0 Å². The monoisotopic (exact) mass is 212 g/mol. The third-order valence-corrected chi connectivity index (χ3v) is 2.60. The average molecular weight is 212 g/mol. The molecule has 3 unspecified atom stereocenters. The largest absolute Gasteiger partial charge is 0.481 e. The van der Waals surface area contributed by atoms with Gasteiger partial charge in [0.05, 0.1) is 5.60 Å². The summed E-state index contributed by atoms with van der Waals surface area (Å²) in [7, 11) is 0. The first-order valence-electron chi connectivity index (χ1n) is 4.33. The van der Waals surface area contributed by atoms with Gasteiger partial charge in [-0.2, -0.15) is 0 Å². The molecule has 0 saturated heterocycles. The standard InChI is InChI=1S/C10H12O5/c1-5-3-4-6(8(11)12)10(2,15)7(5)9(13)14/h3-4,6-7,15H,1H2,2H3,(H,11,12)(H,13,14). The summed E-state index contributed by atoms with van der Waals surface area (Å²) in [6.07, 6.45) is 2.58. The summed E-state index contributed by atoms with van der Waals surface area (Å²) in [5, 5.41) is 27.7. The molecule has 0 aliphatic heterocycles. The molecule has 0 aromatic heterocycles. The fourth-order valence-electron chi connectivity index (χ4n) is 1.81. The van der Waals surface area contributed by atoms with Crippen molar-refractivity contribution in [2.75, 3.05) is 0 Å². The van der Waals surface area contributed by atoms with Crippen LogP contribution in [-0.4, -0.2) is 32.9 Å². The van der Waals surface area contributed by atoms with Crippen molar-refractivity contribution in [3.05, 3.63) is 24.3 Å². The predicted octanol–water partition coefficient (Wildman–Crippen LogP) is 0.265. The molecule has 0 bridgehead atoms. The number of hydrogen-bond donors (Lipinski definition) is 3. The SMILES string of the molecule is C=C1C=CC(C(=O)O)C(C)(O)C1C(=O)O. The topological polar surface area (TPSA) is 94.8 Å². The van der Waals surface area contributed by atoms with E-state index in [0.29, 0.717) is 0 Å². The maximum absolute atomic E-state index is 10.9. The van der Waals surface area contributed by atoms with E-state index in [1.54, 1.807) is 0 Å². The van der Waals surface area contributed by atoms with Crippen LogP contribution in [0.15, 0.2) is 24.3 Å². The summed E-state index contributed by atoms with van der Waals surface area (Å²) in [5.74, 6) is -5.05. The van der Waals surface area contributed by atoms with Crippen molar-refractivity contribution in [2.24, 2.45) is 11.8 Å². The van der Waals surface area contributed by atoms with Gasteiger partial charge >= 0.3 is 11.9 Å². The quantitative estimate of drug-likeness (QED) is 0.610. The Balaban J connectivity index is 3.21. The zero-order valence-corrected chi connectivity index (χ0v) is 8.17. The van der Waals surface area contributed by atoms with Gasteiger partial charge in [-0.25, -0.2) is 0 Å². The van der Waals surface area contributed by atoms with Gasteiger partial charge in [-0.15, -0.1) is 0 Å². The van der Waals surface area contributed by atoms with E-state index >= 15 is 0 Å². The van der Waals surface area contributed by atoms with Crippen molar-refractivity contribution in [3.8, 4) is 0 Å². The fraction of sp³-hybridized carbons (Fsp3) is 0.400. The van der Waals surface area contributed by atoms with Gasteiger partial charge in [0, 0.05) is 0 Å². The molecule has 0 fully saturated rings. The lowest BCUT2D eigenvalue weighted by atomic mass is 9.71. The summed E-state index contributed by atoms with van der Waals surface area (Å²) in [6, 6.07) is 0. The fourth-order valence-corrected chi connectivity index (χ4v) is 1.81. The summed E-state index contributed by atoms with van der Waals surface area (Å²) < 4.78 is 0. The van der Waals surface area contributed by atoms with Crippen LogP contribution in [0.2, 0.25) is 0 Å². The highest BCUT2D eigenvalue weighted by atomic mass is 16.4. The van der Waals surface area contributed by atoms with Gasteiger partial charge < -0.3 is 15.3 Å². The predicted molar refractivity (Wildman–Crippen MR) is 51.2 cm³/mol. The average Bonchev–Trinajstić information content (AvgIpc) is 1.99. The first kappa shape index (κ1) is 11.5. The molecule has 0 aromatic carbocycles. The molecule has 82 valence electrons. The van der Waals surface area contributed by atoms with Crippen LogP contribution in [0.5, 0.6) is 0 Å². The molecular formula is C10H12O5. The van der Waals surface area contributed by atoms with Crippen molar-refractivity contribution in [1.29, 1.82) is 0 Å². The summed E-state index contributed by atoms with van der Waals surface area (Å²) >= 11 is 0. The second-order valence-electron chi connectivity index (χ2n) is 3.75. The minimum absolute atomic E-state index is 0.199. The third kappa shape index (κ3) is 1.78. The Hall–Kier alpha value is -1.62. The molecule has 1 rings (SSSR count). The molecule has 1 aliphatic carbocycles. The number of rotatable bonds is 2. The molecule has 1 aliphatic rings. The molecule has 3 atom stereocenters. The lowest BCUT2D eigenvalue weighted by Crippen LogP contribution is -2.50. The Morgan fingerprint density at radius 2 is 1.93 bits per heavy atom. The van der Waals surface area contributed by atoms with E-state index < -0.39 is 29.4 Å². The maximum atomic E-state index is 10.9. The summed E-state index contributed by atoms with van der Waals surface area (Å²) in [6.45, 7) is 4.68. The molecule has 5 nitrogen and oxygen atoms in total. The van der Waals surface area contributed by atoms with E-state index in [0.717, 1.165) is 0 Å². The number of allylic oxidation sites excluding steroid dienone is 1. The van der Waals surface area contributed by atoms with Gasteiger partial charge in [-0.3, -0.25) is 9.59 Å². The lowest BCUT2D eigenvalue weighted by Gasteiger charge is -2.37. The molecule has 5 heteroatoms. The second kappa shape index (κ2) is 3.51. The van der Waals surface area contributed by atoms with Crippen molar-refractivity contribution in [2.45, 2.75) is 12.5 Å². The Labute approximate surface area is 86.3 Å². The normalized spacial score (nSPS) is 35.2. The Morgan fingerprint density at radius 1 is 1.40 bits per heavy atom. The number of carbonyl (C=O) groups is 2. The Morgan fingerprint density at radius 3 is 2.33 bits per heavy atom. The van der Waals surface area contributed by atoms with Crippen LogP contribution in [0.4, 0.5) is 0 Å². The summed E-state index contributed by atoms with van der Waals surface area (Å²) in [5.41, 5.74) is -1.66. The van der Waals surface area contributed by atoms with Crippen LogP contribution < -0.4 is 0 Å². The molecule has 0 aromatic rings. The zero-order chi connectivity index (χ0) is 11.8. The lowest BCUT2D eigenvalue weighted by molar-refractivity contribution is -0.159. The number of aliphatic carboxylic acids is 2. The highest BCUT2D eigenvalue weighted by molar-refractivity contribution is 5.82. The van der Waals surface area contributed by atoms with Crippen molar-refractivity contribution < 1.29 is 24.9 Å². The Bertz CT molecular complexity index is 353. The first-order chi connectivity index (χ1) is 6.78. The molecule has 0 saturated carbocycles. The van der Waals surface area contributed by atoms with Gasteiger partial charge in [-0.1, -0.05) is 18.7 Å². The molecule has 0 amide bonds. The van der Waals surface area contributed by atoms with Gasteiger partial charge in [0.25, 0.3) is 0 Å². The van der Waals surface area contributed by atoms with Crippen molar-refractivity contribution in [1.82, 2.24) is 0 Å². The molecule has 15 heavy (non-hydrogen) atoms. The van der Waals surface area contributed by atoms with Gasteiger partial charge in [-0.05, 0) is 12.5 Å². The van der Waals surface area contributed by atoms with Gasteiger partial charge in [0.1, 0.15) is 11.8 Å². The van der Waals surface area contributed by atoms with Crippen LogP contribution in [0.3, 0.4) is 0 Å². The van der Waals surface area contributed by atoms with E-state index in [4.69, 9.17) is 10.2 Å². The van der Waals surface area contributed by atoms with Crippen LogP contribution in [0.25, 0.3) is 0 Å². The first-order valence-corrected chi connectivity index (χ1v) is 4.33. The Kier molecular flexibility index (Phi) is 2.68. The van der Waals surface area contributed by atoms with Gasteiger partial charge in [0.2, 0.25) is 0 Å². The third-order valence-electron chi connectivity index (χ3n) is 2.60. The van der Waals surface area contributed by atoms with Crippen LogP contribution in [-0.2, 0) is 9.59 Å². The molecule has 0 heterocycles. The van der Waals surface area contributed by atoms with Crippen molar-refractivity contribution >= 4 is 11.9 Å². The van der Waals surface area contributed by atoms with E-state index in [1.165, 1.54) is 19.1 Å². The number of aliphatic hydroxyl groups is 1. The number of carboxylic acids is 2. The van der Waals surface area contributed by atoms with E-state index in [-0.39, 0.29) is 5.57 Å². The second-order valence-corrected chi connectivity index (χ2v) is 3.75. The molecule has 3 N–H and O–H groups in total. The van der Waals surface area contributed by atoms with Crippen molar-refractivity contribution in [3.63, 3.8) is 0 Å². The highest BCUT2D eigenvalue weighted by Crippen LogP contribution is 2.36. The number of hydrogen-bond acceptors (Lipinski definition) is 3. The van der Waals surface area contributed by atoms with Gasteiger partial charge in [0.15, 0.2) is 0 Å². The van der Waals surface area contributed by atoms with Crippen LogP contribution in [0.1, 0.15) is 6.92 Å². The molecular weight excluding hydrogens is 200 g/mol.